The van der Waals surface area contributed by atoms with Crippen LogP contribution in [0.25, 0.3) is 0 Å². The number of para-hydroxylation sites is 1. The fraction of sp³-hybridized carbons (Fsp3) is 0.261. The fourth-order valence-electron chi connectivity index (χ4n) is 3.76. The number of hydrogen-bond acceptors (Lipinski definition) is 7. The average Bonchev–Trinajstić information content (AvgIpc) is 3.23. The van der Waals surface area contributed by atoms with Gasteiger partial charge in [0, 0.05) is 44.4 Å². The molecule has 0 unspecified atom stereocenters. The molecule has 0 spiro atoms. The SMILES string of the molecule is Cc1cc(CN2CCN(C(=O)c3ccccc3NC(=O)c3ccc([N+](=O)[O-])cc3Cl)CC2)on1. The summed E-state index contributed by atoms with van der Waals surface area (Å²) < 4.78 is 5.27. The normalized spacial score (nSPS) is 14.1. The van der Waals surface area contributed by atoms with Gasteiger partial charge in [0.1, 0.15) is 0 Å². The van der Waals surface area contributed by atoms with E-state index in [2.05, 4.69) is 15.4 Å². The van der Waals surface area contributed by atoms with Gasteiger partial charge in [-0.15, -0.1) is 0 Å². The van der Waals surface area contributed by atoms with Gasteiger partial charge >= 0.3 is 0 Å². The maximum absolute atomic E-state index is 13.2. The molecule has 0 saturated carbocycles. The van der Waals surface area contributed by atoms with E-state index in [1.54, 1.807) is 29.2 Å². The minimum Gasteiger partial charge on any atom is -0.360 e. The number of nitrogens with zero attached hydrogens (tertiary/aromatic N) is 4. The van der Waals surface area contributed by atoms with Gasteiger partial charge in [-0.2, -0.15) is 0 Å². The highest BCUT2D eigenvalue weighted by Crippen LogP contribution is 2.25. The molecule has 4 rings (SSSR count). The zero-order chi connectivity index (χ0) is 24.2. The molecule has 176 valence electrons. The van der Waals surface area contributed by atoms with E-state index in [0.29, 0.717) is 44.0 Å². The number of anilines is 1. The van der Waals surface area contributed by atoms with Crippen LogP contribution in [-0.2, 0) is 6.54 Å². The number of hydrogen-bond donors (Lipinski definition) is 1. The predicted molar refractivity (Wildman–Crippen MR) is 125 cm³/mol. The Kier molecular flexibility index (Phi) is 6.90. The number of piperazine rings is 1. The van der Waals surface area contributed by atoms with E-state index in [0.717, 1.165) is 17.5 Å². The molecule has 0 atom stereocenters. The van der Waals surface area contributed by atoms with Crippen LogP contribution in [0.15, 0.2) is 53.1 Å². The first kappa shape index (κ1) is 23.4. The van der Waals surface area contributed by atoms with Crippen molar-refractivity contribution in [1.82, 2.24) is 15.0 Å². The van der Waals surface area contributed by atoms with Gasteiger partial charge in [0.2, 0.25) is 0 Å². The van der Waals surface area contributed by atoms with Crippen LogP contribution in [0.2, 0.25) is 5.02 Å². The molecule has 11 heteroatoms. The number of non-ortho nitro benzene ring substituents is 1. The molecular formula is C23H22ClN5O5. The molecule has 10 nitrogen and oxygen atoms in total. The van der Waals surface area contributed by atoms with Crippen molar-refractivity contribution in [2.75, 3.05) is 31.5 Å². The summed E-state index contributed by atoms with van der Waals surface area (Å²) in [5.41, 5.74) is 1.39. The maximum atomic E-state index is 13.2. The number of aryl methyl sites for hydroxylation is 1. The Hall–Kier alpha value is -3.76. The zero-order valence-electron chi connectivity index (χ0n) is 18.4. The molecule has 1 saturated heterocycles. The minimum absolute atomic E-state index is 0.0476. The highest BCUT2D eigenvalue weighted by atomic mass is 35.5. The van der Waals surface area contributed by atoms with E-state index in [1.807, 2.05) is 13.0 Å². The number of halogens is 1. The van der Waals surface area contributed by atoms with Gasteiger partial charge in [0.05, 0.1) is 39.0 Å². The number of amides is 2. The summed E-state index contributed by atoms with van der Waals surface area (Å²) in [6.45, 7) is 4.92. The Bertz CT molecular complexity index is 1240. The van der Waals surface area contributed by atoms with Gasteiger partial charge in [0.15, 0.2) is 5.76 Å². The third-order valence-corrected chi connectivity index (χ3v) is 5.84. The van der Waals surface area contributed by atoms with Crippen molar-refractivity contribution in [1.29, 1.82) is 0 Å². The Balaban J connectivity index is 1.42. The summed E-state index contributed by atoms with van der Waals surface area (Å²) in [6, 6.07) is 12.2. The number of rotatable bonds is 6. The Morgan fingerprint density at radius 1 is 1.12 bits per heavy atom. The van der Waals surface area contributed by atoms with Crippen LogP contribution in [0, 0.1) is 17.0 Å². The predicted octanol–water partition coefficient (Wildman–Crippen LogP) is 3.75. The van der Waals surface area contributed by atoms with Crippen LogP contribution >= 0.6 is 11.6 Å². The lowest BCUT2D eigenvalue weighted by atomic mass is 10.1. The summed E-state index contributed by atoms with van der Waals surface area (Å²) >= 11 is 6.08. The van der Waals surface area contributed by atoms with Crippen molar-refractivity contribution in [3.8, 4) is 0 Å². The van der Waals surface area contributed by atoms with Crippen LogP contribution in [0.4, 0.5) is 11.4 Å². The number of nitro groups is 1. The monoisotopic (exact) mass is 483 g/mol. The standard InChI is InChI=1S/C23H22ClN5O5/c1-15-12-17(34-26-15)14-27-8-10-28(11-9-27)23(31)19-4-2-3-5-21(19)25-22(30)18-7-6-16(29(32)33)13-20(18)24/h2-7,12-13H,8-11,14H2,1H3,(H,25,30). The molecule has 0 radical (unpaired) electrons. The van der Waals surface area contributed by atoms with Crippen molar-refractivity contribution >= 4 is 34.8 Å². The van der Waals surface area contributed by atoms with Crippen molar-refractivity contribution < 1.29 is 19.0 Å². The van der Waals surface area contributed by atoms with Gasteiger partial charge in [-0.05, 0) is 25.1 Å². The molecule has 2 aromatic carbocycles. The first-order valence-electron chi connectivity index (χ1n) is 10.6. The summed E-state index contributed by atoms with van der Waals surface area (Å²) in [6.07, 6.45) is 0. The smallest absolute Gasteiger partial charge is 0.270 e. The summed E-state index contributed by atoms with van der Waals surface area (Å²) in [5.74, 6) is 0.0309. The molecule has 1 fully saturated rings. The Morgan fingerprint density at radius 3 is 2.50 bits per heavy atom. The maximum Gasteiger partial charge on any atom is 0.270 e. The average molecular weight is 484 g/mol. The van der Waals surface area contributed by atoms with Crippen molar-refractivity contribution in [2.45, 2.75) is 13.5 Å². The van der Waals surface area contributed by atoms with Gasteiger partial charge < -0.3 is 14.7 Å². The highest BCUT2D eigenvalue weighted by molar-refractivity contribution is 6.34. The molecule has 34 heavy (non-hydrogen) atoms. The Morgan fingerprint density at radius 2 is 1.85 bits per heavy atom. The second-order valence-electron chi connectivity index (χ2n) is 7.92. The number of carbonyl (C=O) groups is 2. The molecule has 1 aromatic heterocycles. The molecule has 2 heterocycles. The Labute approximate surface area is 200 Å². The molecule has 2 amide bonds. The van der Waals surface area contributed by atoms with E-state index in [1.165, 1.54) is 12.1 Å². The van der Waals surface area contributed by atoms with Crippen LogP contribution < -0.4 is 5.32 Å². The lowest BCUT2D eigenvalue weighted by Gasteiger charge is -2.34. The summed E-state index contributed by atoms with van der Waals surface area (Å²) in [5, 5.41) is 17.5. The van der Waals surface area contributed by atoms with Crippen molar-refractivity contribution in [2.24, 2.45) is 0 Å². The topological polar surface area (TPSA) is 122 Å². The van der Waals surface area contributed by atoms with Crippen LogP contribution in [0.3, 0.4) is 0 Å². The minimum atomic E-state index is -0.589. The van der Waals surface area contributed by atoms with Gasteiger partial charge in [-0.3, -0.25) is 24.6 Å². The van der Waals surface area contributed by atoms with E-state index < -0.39 is 10.8 Å². The lowest BCUT2D eigenvalue weighted by Crippen LogP contribution is -2.48. The van der Waals surface area contributed by atoms with E-state index >= 15 is 0 Å². The second kappa shape index (κ2) is 10.0. The molecule has 1 N–H and O–H groups in total. The summed E-state index contributed by atoms with van der Waals surface area (Å²) in [4.78, 5) is 40.2. The fourth-order valence-corrected chi connectivity index (χ4v) is 4.02. The van der Waals surface area contributed by atoms with Gasteiger partial charge in [-0.1, -0.05) is 28.9 Å². The van der Waals surface area contributed by atoms with Crippen LogP contribution in [-0.4, -0.2) is 57.9 Å². The molecular weight excluding hydrogens is 462 g/mol. The quantitative estimate of drug-likeness (QED) is 0.418. The van der Waals surface area contributed by atoms with Crippen LogP contribution in [0.1, 0.15) is 32.2 Å². The first-order chi connectivity index (χ1) is 16.3. The summed E-state index contributed by atoms with van der Waals surface area (Å²) in [7, 11) is 0. The number of carbonyl (C=O) groups excluding carboxylic acids is 2. The number of aromatic nitrogens is 1. The van der Waals surface area contributed by atoms with Gasteiger partial charge in [0.25, 0.3) is 17.5 Å². The van der Waals surface area contributed by atoms with Crippen LogP contribution in [0.5, 0.6) is 0 Å². The number of benzene rings is 2. The van der Waals surface area contributed by atoms with E-state index in [-0.39, 0.29) is 22.2 Å². The molecule has 1 aliphatic heterocycles. The first-order valence-corrected chi connectivity index (χ1v) is 11.0. The second-order valence-corrected chi connectivity index (χ2v) is 8.33. The number of nitrogens with one attached hydrogen (secondary N) is 1. The zero-order valence-corrected chi connectivity index (χ0v) is 19.1. The van der Waals surface area contributed by atoms with E-state index in [9.17, 15) is 19.7 Å². The molecule has 0 bridgehead atoms. The number of nitro benzene ring substituents is 1. The lowest BCUT2D eigenvalue weighted by molar-refractivity contribution is -0.384. The molecule has 0 aliphatic carbocycles. The van der Waals surface area contributed by atoms with E-state index in [4.69, 9.17) is 16.1 Å². The third kappa shape index (κ3) is 5.24. The van der Waals surface area contributed by atoms with Crippen molar-refractivity contribution in [3.63, 3.8) is 0 Å². The largest absolute Gasteiger partial charge is 0.360 e. The third-order valence-electron chi connectivity index (χ3n) is 5.53. The highest BCUT2D eigenvalue weighted by Gasteiger charge is 2.25. The molecule has 3 aromatic rings. The molecule has 1 aliphatic rings. The van der Waals surface area contributed by atoms with Crippen molar-refractivity contribution in [3.05, 3.63) is 86.2 Å². The van der Waals surface area contributed by atoms with Gasteiger partial charge in [-0.25, -0.2) is 0 Å².